The maximum Gasteiger partial charge on any atom is 0.309 e. The zero-order chi connectivity index (χ0) is 14.4. The van der Waals surface area contributed by atoms with Crippen molar-refractivity contribution in [2.45, 2.75) is 39.9 Å². The molecule has 0 radical (unpaired) electrons. The van der Waals surface area contributed by atoms with E-state index in [1.807, 2.05) is 13.8 Å². The average Bonchev–Trinajstić information content (AvgIpc) is 2.51. The largest absolute Gasteiger partial charge is 0.481 e. The van der Waals surface area contributed by atoms with Crippen LogP contribution in [-0.4, -0.2) is 16.9 Å². The van der Waals surface area contributed by atoms with Crippen molar-refractivity contribution < 1.29 is 19.4 Å². The zero-order valence-corrected chi connectivity index (χ0v) is 12.2. The van der Waals surface area contributed by atoms with Crippen molar-refractivity contribution >= 4 is 17.6 Å². The van der Waals surface area contributed by atoms with Crippen molar-refractivity contribution in [1.82, 2.24) is 0 Å². The van der Waals surface area contributed by atoms with Gasteiger partial charge in [0.25, 0.3) is 0 Å². The van der Waals surface area contributed by atoms with Gasteiger partial charge in [-0.05, 0) is 31.9 Å². The van der Waals surface area contributed by atoms with E-state index in [0.29, 0.717) is 22.9 Å². The van der Waals surface area contributed by atoms with Crippen molar-refractivity contribution in [3.63, 3.8) is 0 Å². The molecule has 1 aromatic carbocycles. The highest BCUT2D eigenvalue weighted by molar-refractivity contribution is 6.31. The molecule has 0 spiro atoms. The average molecular weight is 285 g/mol. The lowest BCUT2D eigenvalue weighted by Crippen LogP contribution is -2.29. The summed E-state index contributed by atoms with van der Waals surface area (Å²) in [5.41, 5.74) is -0.138. The Morgan fingerprint density at radius 3 is 2.37 bits per heavy atom. The number of aliphatic carboxylic acids is 1. The van der Waals surface area contributed by atoms with Crippen LogP contribution in [0.25, 0.3) is 0 Å². The summed E-state index contributed by atoms with van der Waals surface area (Å²) in [4.78, 5) is 11.2. The molecule has 0 saturated heterocycles. The summed E-state index contributed by atoms with van der Waals surface area (Å²) >= 11 is 6.18. The Hall–Kier alpha value is -1.42. The number of hydrogen-bond acceptors (Lipinski definition) is 3. The minimum atomic E-state index is -0.882. The number of carbonyl (C=O) groups is 1. The first kappa shape index (κ1) is 14.0. The van der Waals surface area contributed by atoms with Crippen molar-refractivity contribution in [3.05, 3.63) is 22.7 Å². The number of fused-ring (bicyclic) bond motifs is 1. The van der Waals surface area contributed by atoms with Gasteiger partial charge in [-0.1, -0.05) is 11.6 Å². The quantitative estimate of drug-likeness (QED) is 0.923. The number of carboxylic acid groups (broad SMARTS) is 1. The van der Waals surface area contributed by atoms with Crippen LogP contribution in [0.15, 0.2) is 12.1 Å². The summed E-state index contributed by atoms with van der Waals surface area (Å²) in [5.74, 6) is -0.383. The Labute approximate surface area is 117 Å². The molecule has 1 aliphatic rings. The van der Waals surface area contributed by atoms with Crippen LogP contribution in [0.3, 0.4) is 0 Å². The molecule has 1 N–H and O–H groups in total. The molecular formula is C14H17ClO4. The molecule has 1 aliphatic heterocycles. The predicted molar refractivity (Wildman–Crippen MR) is 71.9 cm³/mol. The maximum atomic E-state index is 11.2. The van der Waals surface area contributed by atoms with Gasteiger partial charge in [0.05, 0.1) is 5.41 Å². The number of benzene rings is 1. The van der Waals surface area contributed by atoms with Gasteiger partial charge in [-0.25, -0.2) is 0 Å². The molecule has 0 aromatic heterocycles. The minimum absolute atomic E-state index is 0.332. The van der Waals surface area contributed by atoms with Crippen LogP contribution in [0.4, 0.5) is 0 Å². The molecule has 0 amide bonds. The molecule has 0 bridgehead atoms. The number of ether oxygens (including phenoxy) is 2. The number of halogens is 1. The summed E-state index contributed by atoms with van der Waals surface area (Å²) in [6.45, 7) is 6.95. The van der Waals surface area contributed by atoms with E-state index >= 15 is 0 Å². The van der Waals surface area contributed by atoms with Crippen molar-refractivity contribution in [2.24, 2.45) is 5.41 Å². The van der Waals surface area contributed by atoms with Crippen LogP contribution in [-0.2, 0) is 11.2 Å². The zero-order valence-electron chi connectivity index (χ0n) is 11.4. The third kappa shape index (κ3) is 2.78. The number of hydrogen-bond donors (Lipinski definition) is 1. The van der Waals surface area contributed by atoms with E-state index in [2.05, 4.69) is 0 Å². The van der Waals surface area contributed by atoms with Gasteiger partial charge in [0.2, 0.25) is 5.79 Å². The lowest BCUT2D eigenvalue weighted by molar-refractivity contribution is -0.146. The van der Waals surface area contributed by atoms with Crippen molar-refractivity contribution in [1.29, 1.82) is 0 Å². The normalized spacial score (nSPS) is 16.5. The van der Waals surface area contributed by atoms with Crippen LogP contribution >= 0.6 is 11.6 Å². The monoisotopic (exact) mass is 284 g/mol. The van der Waals surface area contributed by atoms with Crippen molar-refractivity contribution in [3.8, 4) is 11.5 Å². The van der Waals surface area contributed by atoms with Gasteiger partial charge in [0.15, 0.2) is 11.5 Å². The van der Waals surface area contributed by atoms with Gasteiger partial charge in [0.1, 0.15) is 0 Å². The Morgan fingerprint density at radius 2 is 1.84 bits per heavy atom. The fourth-order valence-corrected chi connectivity index (χ4v) is 2.19. The molecular weight excluding hydrogens is 268 g/mol. The summed E-state index contributed by atoms with van der Waals surface area (Å²) in [6, 6.07) is 3.44. The van der Waals surface area contributed by atoms with Crippen molar-refractivity contribution in [2.75, 3.05) is 0 Å². The van der Waals surface area contributed by atoms with Gasteiger partial charge in [0, 0.05) is 24.9 Å². The molecule has 104 valence electrons. The second-order valence-electron chi connectivity index (χ2n) is 5.86. The molecule has 0 aliphatic carbocycles. The highest BCUT2D eigenvalue weighted by Gasteiger charge is 2.34. The fraction of sp³-hybridized carbons (Fsp3) is 0.500. The van der Waals surface area contributed by atoms with Gasteiger partial charge >= 0.3 is 5.97 Å². The van der Waals surface area contributed by atoms with Gasteiger partial charge in [-0.3, -0.25) is 4.79 Å². The smallest absolute Gasteiger partial charge is 0.309 e. The van der Waals surface area contributed by atoms with E-state index in [-0.39, 0.29) is 0 Å². The van der Waals surface area contributed by atoms with E-state index in [1.54, 1.807) is 26.0 Å². The fourth-order valence-electron chi connectivity index (χ4n) is 1.97. The Balaban J connectivity index is 2.33. The summed E-state index contributed by atoms with van der Waals surface area (Å²) in [6.07, 6.45) is 0.332. The third-order valence-electron chi connectivity index (χ3n) is 3.04. The van der Waals surface area contributed by atoms with Gasteiger partial charge in [-0.2, -0.15) is 0 Å². The Bertz CT molecular complexity index is 534. The summed E-state index contributed by atoms with van der Waals surface area (Å²) < 4.78 is 11.2. The molecule has 0 atom stereocenters. The second-order valence-corrected chi connectivity index (χ2v) is 6.27. The molecule has 0 unspecified atom stereocenters. The van der Waals surface area contributed by atoms with E-state index in [9.17, 15) is 9.90 Å². The van der Waals surface area contributed by atoms with E-state index in [1.165, 1.54) is 0 Å². The topological polar surface area (TPSA) is 55.8 Å². The molecule has 5 heteroatoms. The third-order valence-corrected chi connectivity index (χ3v) is 3.39. The van der Waals surface area contributed by atoms with E-state index in [0.717, 1.165) is 5.56 Å². The first-order chi connectivity index (χ1) is 8.61. The van der Waals surface area contributed by atoms with Gasteiger partial charge < -0.3 is 14.6 Å². The number of rotatable bonds is 3. The predicted octanol–water partition coefficient (Wildman–Crippen LogP) is 3.50. The lowest BCUT2D eigenvalue weighted by atomic mass is 9.86. The Kier molecular flexibility index (Phi) is 3.17. The van der Waals surface area contributed by atoms with Crippen LogP contribution in [0, 0.1) is 5.41 Å². The van der Waals surface area contributed by atoms with Crippen LogP contribution < -0.4 is 9.47 Å². The van der Waals surface area contributed by atoms with Crippen LogP contribution in [0.5, 0.6) is 11.5 Å². The first-order valence-electron chi connectivity index (χ1n) is 6.05. The highest BCUT2D eigenvalue weighted by Crippen LogP contribution is 2.43. The summed E-state index contributed by atoms with van der Waals surface area (Å²) in [7, 11) is 0. The molecule has 1 heterocycles. The SMILES string of the molecule is CC1(C)Oc2cc(Cl)c(CC(C)(C)C(=O)O)cc2O1. The minimum Gasteiger partial charge on any atom is -0.481 e. The molecule has 2 rings (SSSR count). The van der Waals surface area contributed by atoms with Crippen LogP contribution in [0.1, 0.15) is 33.3 Å². The molecule has 19 heavy (non-hydrogen) atoms. The molecule has 4 nitrogen and oxygen atoms in total. The number of carboxylic acids is 1. The molecule has 0 fully saturated rings. The first-order valence-corrected chi connectivity index (χ1v) is 6.42. The van der Waals surface area contributed by atoms with E-state index in [4.69, 9.17) is 21.1 Å². The Morgan fingerprint density at radius 1 is 1.32 bits per heavy atom. The standard InChI is InChI=1S/C14H17ClO4/c1-13(2,12(16)17)7-8-5-10-11(6-9(8)15)19-14(3,4)18-10/h5-6H,7H2,1-4H3,(H,16,17). The molecule has 0 saturated carbocycles. The maximum absolute atomic E-state index is 11.2. The lowest BCUT2D eigenvalue weighted by Gasteiger charge is -2.19. The van der Waals surface area contributed by atoms with Crippen LogP contribution in [0.2, 0.25) is 5.02 Å². The van der Waals surface area contributed by atoms with E-state index < -0.39 is 17.2 Å². The summed E-state index contributed by atoms with van der Waals surface area (Å²) in [5, 5.41) is 9.67. The molecule has 1 aromatic rings. The highest BCUT2D eigenvalue weighted by atomic mass is 35.5. The van der Waals surface area contributed by atoms with Gasteiger partial charge in [-0.15, -0.1) is 0 Å². The second kappa shape index (κ2) is 4.30.